The predicted octanol–water partition coefficient (Wildman–Crippen LogP) is 5.25. The van der Waals surface area contributed by atoms with E-state index in [0.717, 1.165) is 29.7 Å². The zero-order valence-corrected chi connectivity index (χ0v) is 14.0. The molecular weight excluding hydrogens is 230 g/mol. The van der Waals surface area contributed by atoms with Crippen LogP contribution in [-0.2, 0) is 0 Å². The van der Waals surface area contributed by atoms with Crippen molar-refractivity contribution in [3.05, 3.63) is 0 Å². The summed E-state index contributed by atoms with van der Waals surface area (Å²) >= 11 is 0. The van der Waals surface area contributed by atoms with Gasteiger partial charge in [-0.15, -0.1) is 0 Å². The Hall–Kier alpha value is -0.0400. The second-order valence-electron chi connectivity index (χ2n) is 7.46. The van der Waals surface area contributed by atoms with Gasteiger partial charge in [0.2, 0.25) is 0 Å². The van der Waals surface area contributed by atoms with Crippen molar-refractivity contribution in [2.75, 3.05) is 6.54 Å². The summed E-state index contributed by atoms with van der Waals surface area (Å²) in [6, 6.07) is 0.808. The van der Waals surface area contributed by atoms with Crippen LogP contribution in [0.2, 0.25) is 0 Å². The molecule has 114 valence electrons. The summed E-state index contributed by atoms with van der Waals surface area (Å²) in [6.45, 7) is 13.0. The van der Waals surface area contributed by atoms with Crippen molar-refractivity contribution in [2.45, 2.75) is 85.6 Å². The molecule has 0 aromatic carbocycles. The van der Waals surface area contributed by atoms with Gasteiger partial charge in [-0.05, 0) is 62.3 Å². The molecule has 0 aliphatic heterocycles. The lowest BCUT2D eigenvalue weighted by molar-refractivity contribution is 0.157. The van der Waals surface area contributed by atoms with Gasteiger partial charge in [0.1, 0.15) is 0 Å². The molecule has 0 amide bonds. The van der Waals surface area contributed by atoms with Crippen molar-refractivity contribution in [3.8, 4) is 0 Å². The summed E-state index contributed by atoms with van der Waals surface area (Å²) in [5.74, 6) is 3.65. The van der Waals surface area contributed by atoms with Gasteiger partial charge in [0.15, 0.2) is 0 Å². The summed E-state index contributed by atoms with van der Waals surface area (Å²) in [5.41, 5.74) is 0. The quantitative estimate of drug-likeness (QED) is 0.633. The summed E-state index contributed by atoms with van der Waals surface area (Å²) in [5, 5.41) is 3.82. The van der Waals surface area contributed by atoms with Gasteiger partial charge in [-0.25, -0.2) is 0 Å². The number of hydrogen-bond acceptors (Lipinski definition) is 1. The van der Waals surface area contributed by atoms with Crippen molar-refractivity contribution < 1.29 is 0 Å². The first-order chi connectivity index (χ1) is 9.04. The van der Waals surface area contributed by atoms with E-state index in [4.69, 9.17) is 0 Å². The highest BCUT2D eigenvalue weighted by molar-refractivity contribution is 4.85. The van der Waals surface area contributed by atoms with Crippen LogP contribution < -0.4 is 5.32 Å². The molecule has 0 aromatic heterocycles. The molecule has 1 N–H and O–H groups in total. The molecule has 1 fully saturated rings. The molecule has 1 aliphatic rings. The van der Waals surface area contributed by atoms with Crippen LogP contribution >= 0.6 is 0 Å². The lowest BCUT2D eigenvalue weighted by Crippen LogP contribution is -2.41. The fourth-order valence-electron chi connectivity index (χ4n) is 3.61. The van der Waals surface area contributed by atoms with E-state index in [9.17, 15) is 0 Å². The second kappa shape index (κ2) is 9.00. The lowest BCUT2D eigenvalue weighted by Gasteiger charge is -2.38. The normalized spacial score (nSPS) is 28.3. The monoisotopic (exact) mass is 267 g/mol. The standard InChI is InChI=1S/C18H37N/c1-6-12-19-18-11-10-16(15(4)5)13-17(18)9-7-8-14(2)3/h14-19H,6-13H2,1-5H3. The molecule has 0 bridgehead atoms. The molecule has 0 aromatic rings. The summed E-state index contributed by atoms with van der Waals surface area (Å²) in [7, 11) is 0. The third-order valence-electron chi connectivity index (χ3n) is 4.98. The fourth-order valence-corrected chi connectivity index (χ4v) is 3.61. The van der Waals surface area contributed by atoms with Gasteiger partial charge in [0, 0.05) is 6.04 Å². The molecule has 19 heavy (non-hydrogen) atoms. The highest BCUT2D eigenvalue weighted by atomic mass is 14.9. The minimum Gasteiger partial charge on any atom is -0.314 e. The Morgan fingerprint density at radius 3 is 2.42 bits per heavy atom. The first-order valence-electron chi connectivity index (χ1n) is 8.77. The molecule has 3 atom stereocenters. The third kappa shape index (κ3) is 6.29. The summed E-state index contributed by atoms with van der Waals surface area (Å²) < 4.78 is 0. The largest absolute Gasteiger partial charge is 0.314 e. The van der Waals surface area contributed by atoms with Crippen LogP contribution in [0.1, 0.15) is 79.6 Å². The molecular formula is C18H37N. The van der Waals surface area contributed by atoms with Crippen molar-refractivity contribution in [1.29, 1.82) is 0 Å². The Balaban J connectivity index is 2.45. The van der Waals surface area contributed by atoms with Crippen LogP contribution in [0.25, 0.3) is 0 Å². The Bertz CT molecular complexity index is 222. The molecule has 0 heterocycles. The predicted molar refractivity (Wildman–Crippen MR) is 86.4 cm³/mol. The first kappa shape index (κ1) is 17.0. The van der Waals surface area contributed by atoms with Crippen LogP contribution in [0.3, 0.4) is 0 Å². The topological polar surface area (TPSA) is 12.0 Å². The zero-order chi connectivity index (χ0) is 14.3. The van der Waals surface area contributed by atoms with Gasteiger partial charge < -0.3 is 5.32 Å². The fraction of sp³-hybridized carbons (Fsp3) is 1.00. The van der Waals surface area contributed by atoms with E-state index in [1.165, 1.54) is 51.5 Å². The van der Waals surface area contributed by atoms with Gasteiger partial charge >= 0.3 is 0 Å². The maximum absolute atomic E-state index is 3.82. The molecule has 1 nitrogen and oxygen atoms in total. The Kier molecular flexibility index (Phi) is 8.06. The number of hydrogen-bond donors (Lipinski definition) is 1. The van der Waals surface area contributed by atoms with Crippen molar-refractivity contribution in [1.82, 2.24) is 5.32 Å². The molecule has 1 rings (SSSR count). The first-order valence-corrected chi connectivity index (χ1v) is 8.77. The van der Waals surface area contributed by atoms with E-state index >= 15 is 0 Å². The Morgan fingerprint density at radius 2 is 1.84 bits per heavy atom. The van der Waals surface area contributed by atoms with Crippen LogP contribution in [0, 0.1) is 23.7 Å². The van der Waals surface area contributed by atoms with Gasteiger partial charge in [-0.1, -0.05) is 47.5 Å². The Morgan fingerprint density at radius 1 is 1.11 bits per heavy atom. The Labute approximate surface area is 121 Å². The molecule has 1 aliphatic carbocycles. The van der Waals surface area contributed by atoms with Crippen LogP contribution in [0.5, 0.6) is 0 Å². The minimum atomic E-state index is 0.808. The molecule has 3 unspecified atom stereocenters. The number of rotatable bonds is 8. The van der Waals surface area contributed by atoms with Crippen molar-refractivity contribution in [2.24, 2.45) is 23.7 Å². The lowest BCUT2D eigenvalue weighted by atomic mass is 9.72. The van der Waals surface area contributed by atoms with Gasteiger partial charge in [0.05, 0.1) is 0 Å². The smallest absolute Gasteiger partial charge is 0.00955 e. The molecule has 1 heteroatoms. The van der Waals surface area contributed by atoms with Gasteiger partial charge in [-0.3, -0.25) is 0 Å². The van der Waals surface area contributed by atoms with Crippen LogP contribution in [0.4, 0.5) is 0 Å². The van der Waals surface area contributed by atoms with Crippen LogP contribution in [-0.4, -0.2) is 12.6 Å². The molecule has 0 radical (unpaired) electrons. The van der Waals surface area contributed by atoms with Gasteiger partial charge in [-0.2, -0.15) is 0 Å². The van der Waals surface area contributed by atoms with E-state index < -0.39 is 0 Å². The second-order valence-corrected chi connectivity index (χ2v) is 7.46. The van der Waals surface area contributed by atoms with E-state index in [2.05, 4.69) is 39.9 Å². The summed E-state index contributed by atoms with van der Waals surface area (Å²) in [4.78, 5) is 0. The highest BCUT2D eigenvalue weighted by Crippen LogP contribution is 2.36. The minimum absolute atomic E-state index is 0.808. The average Bonchev–Trinajstić information content (AvgIpc) is 2.36. The zero-order valence-electron chi connectivity index (χ0n) is 14.0. The van der Waals surface area contributed by atoms with Crippen LogP contribution in [0.15, 0.2) is 0 Å². The molecule has 1 saturated carbocycles. The van der Waals surface area contributed by atoms with Gasteiger partial charge in [0.25, 0.3) is 0 Å². The maximum atomic E-state index is 3.82. The molecule has 0 spiro atoms. The van der Waals surface area contributed by atoms with E-state index in [1.54, 1.807) is 0 Å². The SMILES string of the molecule is CCCNC1CCC(C(C)C)CC1CCCC(C)C. The summed E-state index contributed by atoms with van der Waals surface area (Å²) in [6.07, 6.45) is 9.87. The third-order valence-corrected chi connectivity index (χ3v) is 4.98. The maximum Gasteiger partial charge on any atom is 0.00955 e. The van der Waals surface area contributed by atoms with E-state index in [0.29, 0.717) is 0 Å². The highest BCUT2D eigenvalue weighted by Gasteiger charge is 2.30. The average molecular weight is 268 g/mol. The molecule has 0 saturated heterocycles. The van der Waals surface area contributed by atoms with Crippen molar-refractivity contribution in [3.63, 3.8) is 0 Å². The van der Waals surface area contributed by atoms with Crippen molar-refractivity contribution >= 4 is 0 Å². The van der Waals surface area contributed by atoms with E-state index in [-0.39, 0.29) is 0 Å². The van der Waals surface area contributed by atoms with E-state index in [1.807, 2.05) is 0 Å². The number of nitrogens with one attached hydrogen (secondary N) is 1.